The highest BCUT2D eigenvalue weighted by atomic mass is 35.5. The molecule has 1 N–H and O–H groups in total. The van der Waals surface area contributed by atoms with E-state index in [2.05, 4.69) is 0 Å². The number of halogens is 2. The van der Waals surface area contributed by atoms with E-state index in [4.69, 9.17) is 16.0 Å². The van der Waals surface area contributed by atoms with Crippen LogP contribution in [0.5, 0.6) is 0 Å². The summed E-state index contributed by atoms with van der Waals surface area (Å²) in [6.45, 7) is 1.78. The van der Waals surface area contributed by atoms with Crippen LogP contribution in [-0.4, -0.2) is 5.11 Å². The van der Waals surface area contributed by atoms with Crippen LogP contribution in [0.3, 0.4) is 0 Å². The summed E-state index contributed by atoms with van der Waals surface area (Å²) in [5.74, 6) is -0.00882. The number of aliphatic hydroxyl groups excluding tert-OH is 1. The Hall–Kier alpha value is -1.84. The van der Waals surface area contributed by atoms with Gasteiger partial charge in [-0.05, 0) is 54.4 Å². The van der Waals surface area contributed by atoms with Crippen molar-refractivity contribution in [2.75, 3.05) is 0 Å². The van der Waals surface area contributed by atoms with Gasteiger partial charge in [-0.15, -0.1) is 0 Å². The van der Waals surface area contributed by atoms with Gasteiger partial charge in [-0.2, -0.15) is 0 Å². The molecule has 0 bridgehead atoms. The lowest BCUT2D eigenvalue weighted by Crippen LogP contribution is -1.99. The maximum Gasteiger partial charge on any atom is 0.138 e. The van der Waals surface area contributed by atoms with E-state index in [-0.39, 0.29) is 5.82 Å². The van der Waals surface area contributed by atoms with E-state index in [0.29, 0.717) is 21.9 Å². The molecule has 0 aliphatic carbocycles. The molecule has 0 amide bonds. The maximum absolute atomic E-state index is 13.4. The molecule has 3 aromatic rings. The molecule has 0 saturated heterocycles. The van der Waals surface area contributed by atoms with Gasteiger partial charge >= 0.3 is 0 Å². The lowest BCUT2D eigenvalue weighted by molar-refractivity contribution is 0.192. The molecule has 1 unspecified atom stereocenters. The topological polar surface area (TPSA) is 33.4 Å². The third-order valence-corrected chi connectivity index (χ3v) is 3.38. The third-order valence-electron chi connectivity index (χ3n) is 3.15. The fourth-order valence-corrected chi connectivity index (χ4v) is 2.44. The highest BCUT2D eigenvalue weighted by Gasteiger charge is 2.17. The zero-order valence-electron chi connectivity index (χ0n) is 10.7. The molecule has 2 aromatic carbocycles. The maximum atomic E-state index is 13.4. The van der Waals surface area contributed by atoms with Crippen LogP contribution in [0.4, 0.5) is 4.39 Å². The molecule has 4 heteroatoms. The second-order valence-electron chi connectivity index (χ2n) is 4.80. The van der Waals surface area contributed by atoms with Gasteiger partial charge in [0.1, 0.15) is 23.3 Å². The van der Waals surface area contributed by atoms with Crippen molar-refractivity contribution in [1.82, 2.24) is 0 Å². The van der Waals surface area contributed by atoms with Gasteiger partial charge in [0.2, 0.25) is 0 Å². The summed E-state index contributed by atoms with van der Waals surface area (Å²) in [4.78, 5) is 0. The summed E-state index contributed by atoms with van der Waals surface area (Å²) < 4.78 is 19.0. The van der Waals surface area contributed by atoms with Crippen LogP contribution in [0.25, 0.3) is 11.0 Å². The largest absolute Gasteiger partial charge is 0.458 e. The molecule has 0 saturated carbocycles. The standard InChI is InChI=1S/C16H12ClFO2/c1-9-4-11(7-13(18)5-9)16(19)15-8-10-6-12(17)2-3-14(10)20-15/h2-8,16,19H,1H3. The predicted octanol–water partition coefficient (Wildman–Crippen LogP) is 4.62. The summed E-state index contributed by atoms with van der Waals surface area (Å²) in [6, 6.07) is 11.4. The van der Waals surface area contributed by atoms with Crippen molar-refractivity contribution >= 4 is 22.6 Å². The van der Waals surface area contributed by atoms with Crippen LogP contribution in [0, 0.1) is 12.7 Å². The minimum Gasteiger partial charge on any atom is -0.458 e. The number of aryl methyl sites for hydroxylation is 1. The number of furan rings is 1. The fourth-order valence-electron chi connectivity index (χ4n) is 2.26. The van der Waals surface area contributed by atoms with Crippen molar-refractivity contribution in [2.24, 2.45) is 0 Å². The SMILES string of the molecule is Cc1cc(F)cc(C(O)c2cc3cc(Cl)ccc3o2)c1. The first-order valence-electron chi connectivity index (χ1n) is 6.17. The molecule has 20 heavy (non-hydrogen) atoms. The zero-order chi connectivity index (χ0) is 14.3. The van der Waals surface area contributed by atoms with E-state index < -0.39 is 6.10 Å². The Labute approximate surface area is 120 Å². The Kier molecular flexibility index (Phi) is 3.24. The van der Waals surface area contributed by atoms with Gasteiger partial charge in [0.05, 0.1) is 0 Å². The van der Waals surface area contributed by atoms with Crippen LogP contribution in [0.2, 0.25) is 5.02 Å². The summed E-state index contributed by atoms with van der Waals surface area (Å²) in [5, 5.41) is 11.7. The molecule has 0 fully saturated rings. The second kappa shape index (κ2) is 4.93. The molecular formula is C16H12ClFO2. The van der Waals surface area contributed by atoms with Crippen molar-refractivity contribution in [1.29, 1.82) is 0 Å². The normalized spacial score (nSPS) is 12.8. The first kappa shape index (κ1) is 13.2. The Morgan fingerprint density at radius 2 is 1.95 bits per heavy atom. The molecule has 0 radical (unpaired) electrons. The van der Waals surface area contributed by atoms with Crippen LogP contribution < -0.4 is 0 Å². The highest BCUT2D eigenvalue weighted by molar-refractivity contribution is 6.31. The number of benzene rings is 2. The summed E-state index contributed by atoms with van der Waals surface area (Å²) >= 11 is 5.91. The molecule has 1 heterocycles. The fraction of sp³-hybridized carbons (Fsp3) is 0.125. The highest BCUT2D eigenvalue weighted by Crippen LogP contribution is 2.30. The van der Waals surface area contributed by atoms with Crippen LogP contribution in [-0.2, 0) is 0 Å². The number of aliphatic hydroxyl groups is 1. The molecule has 102 valence electrons. The lowest BCUT2D eigenvalue weighted by atomic mass is 10.0. The Bertz CT molecular complexity index is 759. The number of hydrogen-bond donors (Lipinski definition) is 1. The number of hydrogen-bond acceptors (Lipinski definition) is 2. The Balaban J connectivity index is 2.05. The van der Waals surface area contributed by atoms with Crippen molar-refractivity contribution in [3.05, 3.63) is 70.2 Å². The van der Waals surface area contributed by atoms with Gasteiger partial charge < -0.3 is 9.52 Å². The van der Waals surface area contributed by atoms with Gasteiger partial charge in [-0.1, -0.05) is 17.7 Å². The zero-order valence-corrected chi connectivity index (χ0v) is 11.5. The lowest BCUT2D eigenvalue weighted by Gasteiger charge is -2.09. The van der Waals surface area contributed by atoms with Crippen LogP contribution >= 0.6 is 11.6 Å². The molecule has 0 spiro atoms. The summed E-state index contributed by atoms with van der Waals surface area (Å²) in [5.41, 5.74) is 1.85. The first-order chi connectivity index (χ1) is 9.52. The Morgan fingerprint density at radius 1 is 1.15 bits per heavy atom. The van der Waals surface area contributed by atoms with Crippen LogP contribution in [0.15, 0.2) is 46.9 Å². The van der Waals surface area contributed by atoms with Gasteiger partial charge in [0.25, 0.3) is 0 Å². The minimum atomic E-state index is -1.00. The molecular weight excluding hydrogens is 279 g/mol. The van der Waals surface area contributed by atoms with Crippen LogP contribution in [0.1, 0.15) is 23.0 Å². The van der Waals surface area contributed by atoms with E-state index in [1.165, 1.54) is 12.1 Å². The Morgan fingerprint density at radius 3 is 2.70 bits per heavy atom. The van der Waals surface area contributed by atoms with Crippen molar-refractivity contribution in [3.8, 4) is 0 Å². The molecule has 1 aromatic heterocycles. The minimum absolute atomic E-state index is 0.368. The summed E-state index contributed by atoms with van der Waals surface area (Å²) in [6.07, 6.45) is -1.00. The molecule has 2 nitrogen and oxygen atoms in total. The van der Waals surface area contributed by atoms with Gasteiger partial charge in [0, 0.05) is 10.4 Å². The predicted molar refractivity (Wildman–Crippen MR) is 76.4 cm³/mol. The molecule has 1 atom stereocenters. The van der Waals surface area contributed by atoms with Gasteiger partial charge in [-0.3, -0.25) is 0 Å². The smallest absolute Gasteiger partial charge is 0.138 e. The molecule has 0 aliphatic heterocycles. The molecule has 3 rings (SSSR count). The van der Waals surface area contributed by atoms with E-state index >= 15 is 0 Å². The summed E-state index contributed by atoms with van der Waals surface area (Å²) in [7, 11) is 0. The average Bonchev–Trinajstić information content (AvgIpc) is 2.79. The van der Waals surface area contributed by atoms with Gasteiger partial charge in [-0.25, -0.2) is 4.39 Å². The number of fused-ring (bicyclic) bond motifs is 1. The monoisotopic (exact) mass is 290 g/mol. The van der Waals surface area contributed by atoms with E-state index in [0.717, 1.165) is 10.9 Å². The van der Waals surface area contributed by atoms with E-state index in [9.17, 15) is 9.50 Å². The van der Waals surface area contributed by atoms with E-state index in [1.54, 1.807) is 37.3 Å². The van der Waals surface area contributed by atoms with E-state index in [1.807, 2.05) is 0 Å². The van der Waals surface area contributed by atoms with Crippen molar-refractivity contribution in [3.63, 3.8) is 0 Å². The third kappa shape index (κ3) is 2.42. The average molecular weight is 291 g/mol. The molecule has 0 aliphatic rings. The van der Waals surface area contributed by atoms with Gasteiger partial charge in [0.15, 0.2) is 0 Å². The second-order valence-corrected chi connectivity index (χ2v) is 5.23. The quantitative estimate of drug-likeness (QED) is 0.747. The first-order valence-corrected chi connectivity index (χ1v) is 6.55. The number of rotatable bonds is 2. The van der Waals surface area contributed by atoms with Crippen molar-refractivity contribution < 1.29 is 13.9 Å². The van der Waals surface area contributed by atoms with Crippen molar-refractivity contribution in [2.45, 2.75) is 13.0 Å².